The van der Waals surface area contributed by atoms with E-state index in [0.29, 0.717) is 23.1 Å². The predicted octanol–water partition coefficient (Wildman–Crippen LogP) is 2.31. The van der Waals surface area contributed by atoms with E-state index in [-0.39, 0.29) is 17.0 Å². The van der Waals surface area contributed by atoms with Crippen molar-refractivity contribution < 1.29 is 4.39 Å². The Morgan fingerprint density at radius 2 is 2.19 bits per heavy atom. The van der Waals surface area contributed by atoms with Crippen molar-refractivity contribution in [2.45, 2.75) is 19.4 Å². The molecule has 0 saturated carbocycles. The van der Waals surface area contributed by atoms with Gasteiger partial charge in [-0.1, -0.05) is 11.6 Å². The smallest absolute Gasteiger partial charge is 0.140 e. The molecule has 0 aliphatic carbocycles. The van der Waals surface area contributed by atoms with Gasteiger partial charge in [-0.05, 0) is 25.1 Å². The summed E-state index contributed by atoms with van der Waals surface area (Å²) in [4.78, 5) is 8.37. The maximum Gasteiger partial charge on any atom is 0.140 e. The van der Waals surface area contributed by atoms with Crippen molar-refractivity contribution in [3.63, 3.8) is 0 Å². The van der Waals surface area contributed by atoms with E-state index in [2.05, 4.69) is 9.97 Å². The van der Waals surface area contributed by atoms with Crippen LogP contribution in [0.15, 0.2) is 18.2 Å². The molecular weight excluding hydrogens is 229 g/mol. The third-order valence-corrected chi connectivity index (χ3v) is 2.45. The van der Waals surface area contributed by atoms with Crippen molar-refractivity contribution >= 4 is 22.5 Å². The fourth-order valence-electron chi connectivity index (χ4n) is 1.49. The van der Waals surface area contributed by atoms with Crippen LogP contribution in [0.3, 0.4) is 0 Å². The van der Waals surface area contributed by atoms with Gasteiger partial charge in [-0.3, -0.25) is 0 Å². The molecule has 2 aromatic rings. The van der Waals surface area contributed by atoms with Gasteiger partial charge in [-0.2, -0.15) is 0 Å². The van der Waals surface area contributed by atoms with Gasteiger partial charge in [0.2, 0.25) is 0 Å². The highest BCUT2D eigenvalue weighted by Gasteiger charge is 2.08. The second-order valence-corrected chi connectivity index (χ2v) is 4.13. The first-order chi connectivity index (χ1) is 7.56. The minimum Gasteiger partial charge on any atom is -0.328 e. The summed E-state index contributed by atoms with van der Waals surface area (Å²) >= 11 is 5.96. The van der Waals surface area contributed by atoms with Crippen LogP contribution >= 0.6 is 11.6 Å². The summed E-state index contributed by atoms with van der Waals surface area (Å²) < 4.78 is 13.0. The van der Waals surface area contributed by atoms with E-state index in [9.17, 15) is 4.39 Å². The Morgan fingerprint density at radius 3 is 2.88 bits per heavy atom. The average molecular weight is 240 g/mol. The number of rotatable bonds is 2. The van der Waals surface area contributed by atoms with E-state index < -0.39 is 0 Å². The highest BCUT2D eigenvalue weighted by molar-refractivity contribution is 6.34. The summed E-state index contributed by atoms with van der Waals surface area (Å²) in [7, 11) is 0. The number of benzene rings is 1. The van der Waals surface area contributed by atoms with Crippen molar-refractivity contribution in [3.05, 3.63) is 35.0 Å². The number of halogens is 2. The van der Waals surface area contributed by atoms with Gasteiger partial charge in [0.15, 0.2) is 0 Å². The van der Waals surface area contributed by atoms with Gasteiger partial charge in [0.25, 0.3) is 0 Å². The van der Waals surface area contributed by atoms with Crippen molar-refractivity contribution in [2.75, 3.05) is 0 Å². The first kappa shape index (κ1) is 11.2. The molecule has 3 nitrogen and oxygen atoms in total. The van der Waals surface area contributed by atoms with E-state index in [0.717, 1.165) is 0 Å². The summed E-state index contributed by atoms with van der Waals surface area (Å²) in [6, 6.07) is 4.23. The zero-order valence-electron chi connectivity index (χ0n) is 8.74. The molecule has 16 heavy (non-hydrogen) atoms. The highest BCUT2D eigenvalue weighted by Crippen LogP contribution is 2.21. The largest absolute Gasteiger partial charge is 0.328 e. The molecule has 0 bridgehead atoms. The molecule has 5 heteroatoms. The van der Waals surface area contributed by atoms with Gasteiger partial charge >= 0.3 is 0 Å². The highest BCUT2D eigenvalue weighted by atomic mass is 35.5. The molecule has 84 valence electrons. The van der Waals surface area contributed by atoms with Gasteiger partial charge in [0.05, 0.1) is 5.52 Å². The zero-order chi connectivity index (χ0) is 11.7. The van der Waals surface area contributed by atoms with E-state index in [1.807, 2.05) is 6.92 Å². The Hall–Kier alpha value is -1.26. The molecule has 0 spiro atoms. The molecule has 0 amide bonds. The molecule has 0 aliphatic rings. The molecule has 1 unspecified atom stereocenters. The zero-order valence-corrected chi connectivity index (χ0v) is 9.50. The molecule has 2 N–H and O–H groups in total. The Labute approximate surface area is 97.5 Å². The monoisotopic (exact) mass is 239 g/mol. The number of fused-ring (bicyclic) bond motifs is 1. The summed E-state index contributed by atoms with van der Waals surface area (Å²) in [6.07, 6.45) is 0.549. The second kappa shape index (κ2) is 4.31. The van der Waals surface area contributed by atoms with Gasteiger partial charge in [0.1, 0.15) is 16.8 Å². The molecule has 1 heterocycles. The lowest BCUT2D eigenvalue weighted by Gasteiger charge is -2.06. The lowest BCUT2D eigenvalue weighted by atomic mass is 10.2. The SMILES string of the molecule is CC(N)Cc1nc(Cl)c2cc(F)ccc2n1. The van der Waals surface area contributed by atoms with Gasteiger partial charge in [0, 0.05) is 17.8 Å². The van der Waals surface area contributed by atoms with Crippen molar-refractivity contribution in [2.24, 2.45) is 5.73 Å². The summed E-state index contributed by atoms with van der Waals surface area (Å²) in [5.41, 5.74) is 6.30. The normalized spacial score (nSPS) is 13.0. The van der Waals surface area contributed by atoms with Crippen molar-refractivity contribution in [1.29, 1.82) is 0 Å². The summed E-state index contributed by atoms with van der Waals surface area (Å²) in [5, 5.41) is 0.787. The Kier molecular flexibility index (Phi) is 3.03. The lowest BCUT2D eigenvalue weighted by Crippen LogP contribution is -2.19. The number of nitrogens with two attached hydrogens (primary N) is 1. The molecule has 1 atom stereocenters. The van der Waals surface area contributed by atoms with Gasteiger partial charge < -0.3 is 5.73 Å². The first-order valence-electron chi connectivity index (χ1n) is 4.93. The third-order valence-electron chi connectivity index (χ3n) is 2.16. The Balaban J connectivity index is 2.55. The van der Waals surface area contributed by atoms with Crippen LogP contribution in [0.4, 0.5) is 4.39 Å². The second-order valence-electron chi connectivity index (χ2n) is 3.77. The number of aromatic nitrogens is 2. The van der Waals surface area contributed by atoms with Crippen LogP contribution in [0.1, 0.15) is 12.7 Å². The number of hydrogen-bond acceptors (Lipinski definition) is 3. The minimum absolute atomic E-state index is 0.0334. The van der Waals surface area contributed by atoms with Crippen LogP contribution in [0, 0.1) is 5.82 Å². The molecule has 0 fully saturated rings. The van der Waals surface area contributed by atoms with Gasteiger partial charge in [-0.15, -0.1) is 0 Å². The van der Waals surface area contributed by atoms with Crippen LogP contribution < -0.4 is 5.73 Å². The summed E-state index contributed by atoms with van der Waals surface area (Å²) in [6.45, 7) is 1.87. The molecule has 0 radical (unpaired) electrons. The molecule has 2 rings (SSSR count). The number of hydrogen-bond donors (Lipinski definition) is 1. The maximum atomic E-state index is 13.0. The van der Waals surface area contributed by atoms with Crippen molar-refractivity contribution in [1.82, 2.24) is 9.97 Å². The fourth-order valence-corrected chi connectivity index (χ4v) is 1.74. The van der Waals surface area contributed by atoms with Crippen LogP contribution in [0.2, 0.25) is 5.15 Å². The first-order valence-corrected chi connectivity index (χ1v) is 5.31. The Morgan fingerprint density at radius 1 is 1.44 bits per heavy atom. The van der Waals surface area contributed by atoms with Crippen LogP contribution in [-0.2, 0) is 6.42 Å². The third kappa shape index (κ3) is 2.28. The van der Waals surface area contributed by atoms with E-state index in [1.54, 1.807) is 6.07 Å². The Bertz CT molecular complexity index is 528. The van der Waals surface area contributed by atoms with Crippen LogP contribution in [-0.4, -0.2) is 16.0 Å². The van der Waals surface area contributed by atoms with E-state index in [1.165, 1.54) is 12.1 Å². The minimum atomic E-state index is -0.349. The molecular formula is C11H11ClFN3. The van der Waals surface area contributed by atoms with E-state index in [4.69, 9.17) is 17.3 Å². The molecule has 0 saturated heterocycles. The topological polar surface area (TPSA) is 51.8 Å². The fraction of sp³-hybridized carbons (Fsp3) is 0.273. The summed E-state index contributed by atoms with van der Waals surface area (Å²) in [5.74, 6) is 0.233. The maximum absolute atomic E-state index is 13.0. The van der Waals surface area contributed by atoms with E-state index >= 15 is 0 Å². The standard InChI is InChI=1S/C11H11ClFN3/c1-6(14)4-10-15-9-3-2-7(13)5-8(9)11(12)16-10/h2-3,5-6H,4,14H2,1H3. The molecule has 1 aromatic heterocycles. The average Bonchev–Trinajstić information content (AvgIpc) is 2.18. The lowest BCUT2D eigenvalue weighted by molar-refractivity contribution is 0.629. The molecule has 0 aliphatic heterocycles. The predicted molar refractivity (Wildman–Crippen MR) is 61.9 cm³/mol. The van der Waals surface area contributed by atoms with Crippen LogP contribution in [0.25, 0.3) is 10.9 Å². The van der Waals surface area contributed by atoms with Crippen molar-refractivity contribution in [3.8, 4) is 0 Å². The quantitative estimate of drug-likeness (QED) is 0.819. The van der Waals surface area contributed by atoms with Gasteiger partial charge in [-0.25, -0.2) is 14.4 Å². The molecule has 1 aromatic carbocycles. The van der Waals surface area contributed by atoms with Crippen LogP contribution in [0.5, 0.6) is 0 Å². The number of nitrogens with zero attached hydrogens (tertiary/aromatic N) is 2.